The van der Waals surface area contributed by atoms with Crippen molar-refractivity contribution in [3.63, 3.8) is 0 Å². The van der Waals surface area contributed by atoms with E-state index >= 15 is 0 Å². The van der Waals surface area contributed by atoms with E-state index in [0.29, 0.717) is 11.6 Å². The topological polar surface area (TPSA) is 72.5 Å². The van der Waals surface area contributed by atoms with Crippen LogP contribution in [-0.2, 0) is 19.6 Å². The molecule has 1 N–H and O–H groups in total. The van der Waals surface area contributed by atoms with Gasteiger partial charge in [-0.1, -0.05) is 12.1 Å². The van der Waals surface area contributed by atoms with Gasteiger partial charge in [0.1, 0.15) is 11.6 Å². The van der Waals surface area contributed by atoms with Gasteiger partial charge in [-0.15, -0.1) is 0 Å². The Morgan fingerprint density at radius 1 is 1.17 bits per heavy atom. The third-order valence-electron chi connectivity index (χ3n) is 2.96. The van der Waals surface area contributed by atoms with Gasteiger partial charge < -0.3 is 4.74 Å². The number of hydrogen-bond donors (Lipinski definition) is 1. The molecule has 0 saturated heterocycles. The molecule has 0 aliphatic heterocycles. The standard InChI is InChI=1S/C16H13F2NO4S/c1-23-16(20)8-5-11-3-2-4-13(9-11)24(21,22)19-15-7-6-12(17)10-14(15)18/h2-10,19H,1H3. The van der Waals surface area contributed by atoms with E-state index in [1.807, 2.05) is 4.72 Å². The highest BCUT2D eigenvalue weighted by Crippen LogP contribution is 2.21. The molecule has 5 nitrogen and oxygen atoms in total. The van der Waals surface area contributed by atoms with Crippen molar-refractivity contribution in [3.8, 4) is 0 Å². The highest BCUT2D eigenvalue weighted by molar-refractivity contribution is 7.92. The molecule has 0 aliphatic rings. The molecule has 2 rings (SSSR count). The van der Waals surface area contributed by atoms with Crippen LogP contribution in [0.3, 0.4) is 0 Å². The molecule has 0 unspecified atom stereocenters. The number of rotatable bonds is 5. The minimum atomic E-state index is -4.08. The second kappa shape index (κ2) is 7.22. The summed E-state index contributed by atoms with van der Waals surface area (Å²) < 4.78 is 57.6. The number of sulfonamides is 1. The van der Waals surface area contributed by atoms with Crippen molar-refractivity contribution < 1.29 is 26.7 Å². The van der Waals surface area contributed by atoms with Crippen LogP contribution in [0.25, 0.3) is 6.08 Å². The first-order valence-electron chi connectivity index (χ1n) is 6.66. The fourth-order valence-corrected chi connectivity index (χ4v) is 2.92. The van der Waals surface area contributed by atoms with E-state index in [1.165, 1.54) is 31.4 Å². The van der Waals surface area contributed by atoms with Gasteiger partial charge >= 0.3 is 5.97 Å². The number of hydrogen-bond acceptors (Lipinski definition) is 4. The summed E-state index contributed by atoms with van der Waals surface area (Å²) >= 11 is 0. The van der Waals surface area contributed by atoms with E-state index in [9.17, 15) is 22.0 Å². The minimum Gasteiger partial charge on any atom is -0.466 e. The third-order valence-corrected chi connectivity index (χ3v) is 4.32. The fraction of sp³-hybridized carbons (Fsp3) is 0.0625. The summed E-state index contributed by atoms with van der Waals surface area (Å²) in [5.41, 5.74) is 0.0646. The molecule has 2 aromatic rings. The summed E-state index contributed by atoms with van der Waals surface area (Å²) in [6.45, 7) is 0. The highest BCUT2D eigenvalue weighted by Gasteiger charge is 2.16. The molecule has 0 fully saturated rings. The predicted molar refractivity (Wildman–Crippen MR) is 84.7 cm³/mol. The van der Waals surface area contributed by atoms with Crippen LogP contribution < -0.4 is 4.72 Å². The van der Waals surface area contributed by atoms with E-state index in [0.717, 1.165) is 18.2 Å². The SMILES string of the molecule is COC(=O)C=Cc1cccc(S(=O)(=O)Nc2ccc(F)cc2F)c1. The van der Waals surface area contributed by atoms with Crippen molar-refractivity contribution in [2.75, 3.05) is 11.8 Å². The smallest absolute Gasteiger partial charge is 0.330 e. The van der Waals surface area contributed by atoms with Gasteiger partial charge in [-0.25, -0.2) is 22.0 Å². The second-order valence-corrected chi connectivity index (χ2v) is 6.34. The van der Waals surface area contributed by atoms with Crippen molar-refractivity contribution >= 4 is 27.8 Å². The first-order valence-corrected chi connectivity index (χ1v) is 8.14. The summed E-state index contributed by atoms with van der Waals surface area (Å²) in [5, 5.41) is 0. The lowest BCUT2D eigenvalue weighted by Crippen LogP contribution is -2.14. The van der Waals surface area contributed by atoms with Crippen molar-refractivity contribution in [3.05, 3.63) is 65.7 Å². The quantitative estimate of drug-likeness (QED) is 0.663. The zero-order valence-corrected chi connectivity index (χ0v) is 13.3. The number of carbonyl (C=O) groups is 1. The van der Waals surface area contributed by atoms with E-state index in [2.05, 4.69) is 4.74 Å². The molecule has 0 aromatic heterocycles. The van der Waals surface area contributed by atoms with Gasteiger partial charge in [-0.3, -0.25) is 4.72 Å². The first-order chi connectivity index (χ1) is 11.3. The number of benzene rings is 2. The third kappa shape index (κ3) is 4.39. The monoisotopic (exact) mass is 353 g/mol. The van der Waals surface area contributed by atoms with Gasteiger partial charge in [-0.2, -0.15) is 0 Å². The zero-order valence-electron chi connectivity index (χ0n) is 12.5. The van der Waals surface area contributed by atoms with Gasteiger partial charge in [0, 0.05) is 12.1 Å². The van der Waals surface area contributed by atoms with Crippen LogP contribution in [-0.4, -0.2) is 21.5 Å². The van der Waals surface area contributed by atoms with Crippen molar-refractivity contribution in [2.45, 2.75) is 4.90 Å². The normalized spacial score (nSPS) is 11.5. The Labute approximate surface area is 137 Å². The van der Waals surface area contributed by atoms with Gasteiger partial charge in [0.05, 0.1) is 17.7 Å². The zero-order chi connectivity index (χ0) is 17.7. The molecule has 126 valence electrons. The van der Waals surface area contributed by atoms with Crippen LogP contribution >= 0.6 is 0 Å². The fourth-order valence-electron chi connectivity index (χ4n) is 1.79. The van der Waals surface area contributed by atoms with Crippen molar-refractivity contribution in [2.24, 2.45) is 0 Å². The summed E-state index contributed by atoms with van der Waals surface area (Å²) in [5.74, 6) is -2.43. The van der Waals surface area contributed by atoms with E-state index < -0.39 is 27.6 Å². The van der Waals surface area contributed by atoms with Crippen LogP contribution in [0, 0.1) is 11.6 Å². The van der Waals surface area contributed by atoms with Crippen LogP contribution in [0.15, 0.2) is 53.4 Å². The average molecular weight is 353 g/mol. The van der Waals surface area contributed by atoms with E-state index in [-0.39, 0.29) is 10.6 Å². The number of methoxy groups -OCH3 is 1. The second-order valence-electron chi connectivity index (χ2n) is 4.66. The lowest BCUT2D eigenvalue weighted by molar-refractivity contribution is -0.134. The maximum atomic E-state index is 13.6. The number of nitrogens with one attached hydrogen (secondary N) is 1. The van der Waals surface area contributed by atoms with Crippen LogP contribution in [0.2, 0.25) is 0 Å². The summed E-state index contributed by atoms with van der Waals surface area (Å²) in [7, 11) is -2.86. The maximum Gasteiger partial charge on any atom is 0.330 e. The Morgan fingerprint density at radius 3 is 2.58 bits per heavy atom. The Kier molecular flexibility index (Phi) is 5.30. The van der Waals surface area contributed by atoms with E-state index in [1.54, 1.807) is 6.07 Å². The van der Waals surface area contributed by atoms with Crippen molar-refractivity contribution in [1.29, 1.82) is 0 Å². The molecule has 2 aromatic carbocycles. The van der Waals surface area contributed by atoms with Gasteiger partial charge in [0.15, 0.2) is 0 Å². The van der Waals surface area contributed by atoms with Gasteiger partial charge in [0.25, 0.3) is 10.0 Å². The van der Waals surface area contributed by atoms with Crippen LogP contribution in [0.5, 0.6) is 0 Å². The van der Waals surface area contributed by atoms with Gasteiger partial charge in [-0.05, 0) is 35.9 Å². The molecular weight excluding hydrogens is 340 g/mol. The lowest BCUT2D eigenvalue weighted by Gasteiger charge is -2.09. The molecule has 0 atom stereocenters. The first kappa shape index (κ1) is 17.6. The number of ether oxygens (including phenoxy) is 1. The predicted octanol–water partition coefficient (Wildman–Crippen LogP) is 2.95. The lowest BCUT2D eigenvalue weighted by atomic mass is 10.2. The number of anilines is 1. The maximum absolute atomic E-state index is 13.6. The summed E-state index contributed by atoms with van der Waals surface area (Å²) in [4.78, 5) is 10.9. The molecular formula is C16H13F2NO4S. The van der Waals surface area contributed by atoms with Crippen molar-refractivity contribution in [1.82, 2.24) is 0 Å². The molecule has 24 heavy (non-hydrogen) atoms. The molecule has 0 saturated carbocycles. The molecule has 0 radical (unpaired) electrons. The summed E-state index contributed by atoms with van der Waals surface area (Å²) in [6.07, 6.45) is 2.52. The largest absolute Gasteiger partial charge is 0.466 e. The Morgan fingerprint density at radius 2 is 1.92 bits per heavy atom. The Bertz CT molecular complexity index is 895. The summed E-state index contributed by atoms with van der Waals surface area (Å²) in [6, 6.07) is 8.15. The van der Waals surface area contributed by atoms with E-state index in [4.69, 9.17) is 0 Å². The highest BCUT2D eigenvalue weighted by atomic mass is 32.2. The van der Waals surface area contributed by atoms with Crippen LogP contribution in [0.1, 0.15) is 5.56 Å². The molecule has 0 amide bonds. The Balaban J connectivity index is 2.29. The molecule has 0 heterocycles. The van der Waals surface area contributed by atoms with Crippen LogP contribution in [0.4, 0.5) is 14.5 Å². The average Bonchev–Trinajstić information content (AvgIpc) is 2.55. The molecule has 0 aliphatic carbocycles. The molecule has 0 bridgehead atoms. The Hall–Kier alpha value is -2.74. The minimum absolute atomic E-state index is 0.141. The molecule has 8 heteroatoms. The number of esters is 1. The van der Waals surface area contributed by atoms with Gasteiger partial charge in [0.2, 0.25) is 0 Å². The number of carbonyl (C=O) groups excluding carboxylic acids is 1. The molecule has 0 spiro atoms. The number of halogens is 2.